The number of pyridine rings is 1. The molecule has 0 atom stereocenters. The Bertz CT molecular complexity index is 460. The van der Waals surface area contributed by atoms with Crippen molar-refractivity contribution in [3.05, 3.63) is 42.2 Å². The number of hydrogen-bond acceptors (Lipinski definition) is 2. The maximum Gasteiger partial charge on any atom is 0.120 e. The quantitative estimate of drug-likeness (QED) is 0.559. The normalized spacial score (nSPS) is 10.4. The third kappa shape index (κ3) is 2.21. The zero-order valence-corrected chi connectivity index (χ0v) is 8.52. The molecule has 0 unspecified atom stereocenters. The van der Waals surface area contributed by atoms with Gasteiger partial charge < -0.3 is 4.79 Å². The van der Waals surface area contributed by atoms with Gasteiger partial charge in [-0.25, -0.2) is 0 Å². The standard InChI is InChI=1S/C13H13NO/c15-9-2-1-4-11-5-3-6-12-10-14-8-7-13(11)12/h3,5-10H,1-2,4H2. The van der Waals surface area contributed by atoms with Crippen LogP contribution in [0.5, 0.6) is 0 Å². The lowest BCUT2D eigenvalue weighted by Gasteiger charge is -2.04. The van der Waals surface area contributed by atoms with Gasteiger partial charge in [-0.2, -0.15) is 0 Å². The summed E-state index contributed by atoms with van der Waals surface area (Å²) in [5, 5.41) is 2.42. The topological polar surface area (TPSA) is 30.0 Å². The Kier molecular flexibility index (Phi) is 3.08. The Hall–Kier alpha value is -1.70. The molecule has 0 saturated heterocycles. The van der Waals surface area contributed by atoms with E-state index in [1.165, 1.54) is 16.3 Å². The summed E-state index contributed by atoms with van der Waals surface area (Å²) in [6.45, 7) is 0. The highest BCUT2D eigenvalue weighted by molar-refractivity contribution is 5.84. The second-order valence-corrected chi connectivity index (χ2v) is 3.57. The number of aryl methyl sites for hydroxylation is 1. The number of fused-ring (bicyclic) bond motifs is 1. The Morgan fingerprint density at radius 3 is 3.07 bits per heavy atom. The minimum absolute atomic E-state index is 0.640. The van der Waals surface area contributed by atoms with E-state index in [4.69, 9.17) is 0 Å². The summed E-state index contributed by atoms with van der Waals surface area (Å²) >= 11 is 0. The van der Waals surface area contributed by atoms with Gasteiger partial charge in [-0.3, -0.25) is 4.98 Å². The third-order valence-corrected chi connectivity index (χ3v) is 2.54. The van der Waals surface area contributed by atoms with Gasteiger partial charge in [-0.1, -0.05) is 18.2 Å². The highest BCUT2D eigenvalue weighted by atomic mass is 16.1. The van der Waals surface area contributed by atoms with E-state index in [-0.39, 0.29) is 0 Å². The van der Waals surface area contributed by atoms with Gasteiger partial charge >= 0.3 is 0 Å². The lowest BCUT2D eigenvalue weighted by molar-refractivity contribution is -0.107. The van der Waals surface area contributed by atoms with Gasteiger partial charge in [0.05, 0.1) is 0 Å². The van der Waals surface area contributed by atoms with Crippen molar-refractivity contribution >= 4 is 17.1 Å². The number of carbonyl (C=O) groups is 1. The zero-order valence-electron chi connectivity index (χ0n) is 8.52. The van der Waals surface area contributed by atoms with Gasteiger partial charge in [0, 0.05) is 24.2 Å². The number of benzene rings is 1. The smallest absolute Gasteiger partial charge is 0.120 e. The van der Waals surface area contributed by atoms with E-state index in [2.05, 4.69) is 17.1 Å². The molecule has 2 rings (SSSR count). The predicted octanol–water partition coefficient (Wildman–Crippen LogP) is 2.76. The number of unbranched alkanes of at least 4 members (excludes halogenated alkanes) is 1. The summed E-state index contributed by atoms with van der Waals surface area (Å²) in [4.78, 5) is 14.3. The molecular formula is C13H13NO. The first-order valence-electron chi connectivity index (χ1n) is 5.17. The largest absolute Gasteiger partial charge is 0.303 e. The molecule has 0 saturated carbocycles. The summed E-state index contributed by atoms with van der Waals surface area (Å²) in [7, 11) is 0. The maximum atomic E-state index is 10.2. The monoisotopic (exact) mass is 199 g/mol. The molecule has 76 valence electrons. The first-order valence-corrected chi connectivity index (χ1v) is 5.17. The van der Waals surface area contributed by atoms with E-state index in [1.807, 2.05) is 24.5 Å². The van der Waals surface area contributed by atoms with Crippen LogP contribution in [0.25, 0.3) is 10.8 Å². The molecule has 0 fully saturated rings. The van der Waals surface area contributed by atoms with Gasteiger partial charge in [0.1, 0.15) is 6.29 Å². The van der Waals surface area contributed by atoms with E-state index in [1.54, 1.807) is 0 Å². The molecule has 1 aromatic heterocycles. The molecule has 2 heteroatoms. The van der Waals surface area contributed by atoms with Crippen LogP contribution in [-0.4, -0.2) is 11.3 Å². The van der Waals surface area contributed by atoms with Crippen LogP contribution in [-0.2, 0) is 11.2 Å². The van der Waals surface area contributed by atoms with Gasteiger partial charge in [-0.05, 0) is 29.9 Å². The van der Waals surface area contributed by atoms with E-state index >= 15 is 0 Å². The van der Waals surface area contributed by atoms with Crippen molar-refractivity contribution in [3.63, 3.8) is 0 Å². The van der Waals surface area contributed by atoms with Crippen molar-refractivity contribution in [2.45, 2.75) is 19.3 Å². The van der Waals surface area contributed by atoms with Crippen molar-refractivity contribution in [3.8, 4) is 0 Å². The van der Waals surface area contributed by atoms with Crippen molar-refractivity contribution in [1.82, 2.24) is 4.98 Å². The van der Waals surface area contributed by atoms with Gasteiger partial charge in [0.15, 0.2) is 0 Å². The summed E-state index contributed by atoms with van der Waals surface area (Å²) in [5.74, 6) is 0. The zero-order chi connectivity index (χ0) is 10.5. The average molecular weight is 199 g/mol. The molecule has 0 amide bonds. The number of aldehydes is 1. The fraction of sp³-hybridized carbons (Fsp3) is 0.231. The molecule has 0 aliphatic carbocycles. The number of carbonyl (C=O) groups excluding carboxylic acids is 1. The van der Waals surface area contributed by atoms with Crippen LogP contribution in [0.2, 0.25) is 0 Å². The van der Waals surface area contributed by atoms with E-state index in [0.29, 0.717) is 6.42 Å². The molecular weight excluding hydrogens is 186 g/mol. The highest BCUT2D eigenvalue weighted by Crippen LogP contribution is 2.18. The second kappa shape index (κ2) is 4.69. The highest BCUT2D eigenvalue weighted by Gasteiger charge is 1.99. The van der Waals surface area contributed by atoms with Crippen molar-refractivity contribution < 1.29 is 4.79 Å². The first kappa shape index (κ1) is 9.84. The van der Waals surface area contributed by atoms with Crippen LogP contribution in [0.3, 0.4) is 0 Å². The minimum atomic E-state index is 0.640. The van der Waals surface area contributed by atoms with Crippen LogP contribution in [0, 0.1) is 0 Å². The van der Waals surface area contributed by atoms with Crippen LogP contribution >= 0.6 is 0 Å². The molecule has 0 bridgehead atoms. The molecule has 0 N–H and O–H groups in total. The van der Waals surface area contributed by atoms with Gasteiger partial charge in [-0.15, -0.1) is 0 Å². The molecule has 0 aliphatic heterocycles. The van der Waals surface area contributed by atoms with Crippen molar-refractivity contribution in [1.29, 1.82) is 0 Å². The molecule has 0 aliphatic rings. The maximum absolute atomic E-state index is 10.2. The molecule has 0 spiro atoms. The lowest BCUT2D eigenvalue weighted by Crippen LogP contribution is -1.88. The van der Waals surface area contributed by atoms with Crippen LogP contribution in [0.15, 0.2) is 36.7 Å². The molecule has 1 aromatic carbocycles. The first-order chi connectivity index (χ1) is 7.42. The van der Waals surface area contributed by atoms with E-state index in [0.717, 1.165) is 19.1 Å². The predicted molar refractivity (Wildman–Crippen MR) is 60.7 cm³/mol. The second-order valence-electron chi connectivity index (χ2n) is 3.57. The van der Waals surface area contributed by atoms with Gasteiger partial charge in [0.2, 0.25) is 0 Å². The Labute approximate surface area is 89.0 Å². The summed E-state index contributed by atoms with van der Waals surface area (Å²) in [6.07, 6.45) is 7.18. The fourth-order valence-corrected chi connectivity index (χ4v) is 1.78. The third-order valence-electron chi connectivity index (χ3n) is 2.54. The summed E-state index contributed by atoms with van der Waals surface area (Å²) < 4.78 is 0. The minimum Gasteiger partial charge on any atom is -0.303 e. The van der Waals surface area contributed by atoms with Crippen molar-refractivity contribution in [2.24, 2.45) is 0 Å². The average Bonchev–Trinajstić information content (AvgIpc) is 2.30. The number of aromatic nitrogens is 1. The Morgan fingerprint density at radius 2 is 2.20 bits per heavy atom. The summed E-state index contributed by atoms with van der Waals surface area (Å²) in [6, 6.07) is 8.25. The SMILES string of the molecule is O=CCCCc1cccc2cnccc12. The number of hydrogen-bond donors (Lipinski definition) is 0. The van der Waals surface area contributed by atoms with Crippen LogP contribution < -0.4 is 0 Å². The van der Waals surface area contributed by atoms with E-state index in [9.17, 15) is 4.79 Å². The molecule has 15 heavy (non-hydrogen) atoms. The Balaban J connectivity index is 2.30. The Morgan fingerprint density at radius 1 is 1.27 bits per heavy atom. The molecule has 1 heterocycles. The van der Waals surface area contributed by atoms with E-state index < -0.39 is 0 Å². The molecule has 2 aromatic rings. The summed E-state index contributed by atoms with van der Waals surface area (Å²) in [5.41, 5.74) is 1.30. The molecule has 2 nitrogen and oxygen atoms in total. The van der Waals surface area contributed by atoms with Crippen molar-refractivity contribution in [2.75, 3.05) is 0 Å². The van der Waals surface area contributed by atoms with Crippen LogP contribution in [0.1, 0.15) is 18.4 Å². The number of rotatable bonds is 4. The van der Waals surface area contributed by atoms with Gasteiger partial charge in [0.25, 0.3) is 0 Å². The molecule has 0 radical (unpaired) electrons. The fourth-order valence-electron chi connectivity index (χ4n) is 1.78. The van der Waals surface area contributed by atoms with Crippen LogP contribution in [0.4, 0.5) is 0 Å². The number of nitrogens with zero attached hydrogens (tertiary/aromatic N) is 1. The lowest BCUT2D eigenvalue weighted by atomic mass is 10.0.